The van der Waals surface area contributed by atoms with Crippen molar-refractivity contribution in [2.24, 2.45) is 11.3 Å². The third kappa shape index (κ3) is 6.78. The van der Waals surface area contributed by atoms with Gasteiger partial charge in [0.2, 0.25) is 11.8 Å². The first-order valence-corrected chi connectivity index (χ1v) is 18.2. The molecule has 1 aromatic heterocycles. The monoisotopic (exact) mass is 675 g/mol. The van der Waals surface area contributed by atoms with Gasteiger partial charge >= 0.3 is 0 Å². The van der Waals surface area contributed by atoms with E-state index in [2.05, 4.69) is 28.5 Å². The van der Waals surface area contributed by atoms with Gasteiger partial charge in [0.1, 0.15) is 12.7 Å². The molecule has 3 heterocycles. The number of aromatic nitrogens is 2. The molecule has 3 aromatic rings. The van der Waals surface area contributed by atoms with Gasteiger partial charge in [0.05, 0.1) is 16.6 Å². The van der Waals surface area contributed by atoms with E-state index < -0.39 is 16.1 Å². The number of hydrogen-bond donors (Lipinski definition) is 2. The molecule has 2 amide bonds. The van der Waals surface area contributed by atoms with Gasteiger partial charge in [0, 0.05) is 36.3 Å². The van der Waals surface area contributed by atoms with E-state index in [1.165, 1.54) is 19.1 Å². The first-order chi connectivity index (χ1) is 22.7. The normalized spacial score (nSPS) is 21.3. The number of fused-ring (bicyclic) bond motifs is 4. The minimum Gasteiger partial charge on any atom is -0.475 e. The van der Waals surface area contributed by atoms with Crippen molar-refractivity contribution in [2.45, 2.75) is 89.8 Å². The summed E-state index contributed by atoms with van der Waals surface area (Å²) in [6.07, 6.45) is 2.81. The Morgan fingerprint density at radius 3 is 2.35 bits per heavy atom. The van der Waals surface area contributed by atoms with Gasteiger partial charge < -0.3 is 19.6 Å². The van der Waals surface area contributed by atoms with E-state index in [-0.39, 0.29) is 64.1 Å². The molecule has 0 radical (unpaired) electrons. The van der Waals surface area contributed by atoms with Gasteiger partial charge in [0.25, 0.3) is 21.8 Å². The van der Waals surface area contributed by atoms with Crippen molar-refractivity contribution in [1.29, 1.82) is 0 Å². The number of nitrogens with one attached hydrogen (secondary N) is 1. The second kappa shape index (κ2) is 13.1. The summed E-state index contributed by atoms with van der Waals surface area (Å²) in [5.74, 6) is -0.140. The Morgan fingerprint density at radius 1 is 1.04 bits per heavy atom. The van der Waals surface area contributed by atoms with Gasteiger partial charge in [-0.25, -0.2) is 18.1 Å². The topological polar surface area (TPSA) is 142 Å². The number of hydrogen-bond acceptors (Lipinski definition) is 8. The Kier molecular flexibility index (Phi) is 9.25. The Balaban J connectivity index is 1.37. The number of rotatable bonds is 5. The first-order valence-electron chi connectivity index (χ1n) is 16.8. The van der Waals surface area contributed by atoms with E-state index in [0.29, 0.717) is 25.2 Å². The molecule has 256 valence electrons. The Labute approximate surface area is 282 Å². The maximum atomic E-state index is 14.5. The Morgan fingerprint density at radius 2 is 1.71 bits per heavy atom. The number of piperidine rings is 1. The van der Waals surface area contributed by atoms with E-state index in [1.54, 1.807) is 23.1 Å². The number of nitrogens with zero attached hydrogens (tertiary/aromatic N) is 4. The van der Waals surface area contributed by atoms with Crippen molar-refractivity contribution in [3.05, 3.63) is 65.2 Å². The number of carbonyl (C=O) groups is 2. The standard InChI is InChI=1S/C36H45N5O6S/c1-22(2)16-27-21-47-31-18-30(32-23(3)8-6-9-24(32)4)37-35(38-31)39-48(45,46)29-11-7-10-26(17-29)34(44)41(27)28-19-36(20-28)12-14-40(15-13-36)33(43)25(5)42/h6-11,17-18,22,25,27-28,42H,12-16,19-21H2,1-5H3,(H,37,38,39)/t25-,27?/m0/s1. The highest BCUT2D eigenvalue weighted by Crippen LogP contribution is 2.52. The van der Waals surface area contributed by atoms with Crippen LogP contribution < -0.4 is 9.46 Å². The molecule has 48 heavy (non-hydrogen) atoms. The predicted octanol–water partition coefficient (Wildman–Crippen LogP) is 4.96. The number of carbonyl (C=O) groups excluding carboxylic acids is 2. The molecule has 12 heteroatoms. The number of aryl methyl sites for hydroxylation is 2. The van der Waals surface area contributed by atoms with Crippen LogP contribution in [0.5, 0.6) is 5.88 Å². The van der Waals surface area contributed by atoms with Crippen LogP contribution in [0.4, 0.5) is 5.95 Å². The third-order valence-corrected chi connectivity index (χ3v) is 11.4. The van der Waals surface area contributed by atoms with Crippen LogP contribution >= 0.6 is 0 Å². The fraction of sp³-hybridized carbons (Fsp3) is 0.500. The molecule has 1 unspecified atom stereocenters. The zero-order valence-corrected chi connectivity index (χ0v) is 29.1. The quantitative estimate of drug-likeness (QED) is 0.387. The van der Waals surface area contributed by atoms with Crippen molar-refractivity contribution >= 4 is 27.8 Å². The lowest BCUT2D eigenvalue weighted by atomic mass is 9.59. The molecular weight excluding hydrogens is 630 g/mol. The summed E-state index contributed by atoms with van der Waals surface area (Å²) in [7, 11) is -4.16. The molecule has 1 spiro atoms. The number of aliphatic hydroxyl groups is 1. The lowest BCUT2D eigenvalue weighted by molar-refractivity contribution is -0.143. The van der Waals surface area contributed by atoms with Crippen LogP contribution in [-0.2, 0) is 14.8 Å². The molecule has 2 N–H and O–H groups in total. The highest BCUT2D eigenvalue weighted by atomic mass is 32.2. The van der Waals surface area contributed by atoms with Crippen LogP contribution in [0.3, 0.4) is 0 Å². The molecular formula is C36H45N5O6S. The van der Waals surface area contributed by atoms with E-state index in [1.807, 2.05) is 36.9 Å². The number of amides is 2. The van der Waals surface area contributed by atoms with E-state index >= 15 is 0 Å². The lowest BCUT2D eigenvalue weighted by Gasteiger charge is -2.56. The molecule has 6 rings (SSSR count). The van der Waals surface area contributed by atoms with Gasteiger partial charge in [-0.1, -0.05) is 38.1 Å². The molecule has 1 saturated heterocycles. The average molecular weight is 676 g/mol. The highest BCUT2D eigenvalue weighted by molar-refractivity contribution is 7.92. The third-order valence-electron chi connectivity index (χ3n) is 10.1. The van der Waals surface area contributed by atoms with Crippen molar-refractivity contribution < 1.29 is 27.9 Å². The molecule has 3 aliphatic rings. The predicted molar refractivity (Wildman–Crippen MR) is 182 cm³/mol. The molecule has 2 fully saturated rings. The van der Waals surface area contributed by atoms with Gasteiger partial charge in [-0.15, -0.1) is 0 Å². The van der Waals surface area contributed by atoms with Crippen LogP contribution in [-0.4, -0.2) is 83.0 Å². The molecule has 2 aliphatic heterocycles. The van der Waals surface area contributed by atoms with Crippen molar-refractivity contribution in [3.8, 4) is 17.1 Å². The molecule has 2 aromatic carbocycles. The molecule has 11 nitrogen and oxygen atoms in total. The molecule has 1 aliphatic carbocycles. The maximum Gasteiger partial charge on any atom is 0.264 e. The van der Waals surface area contributed by atoms with E-state index in [0.717, 1.165) is 42.4 Å². The van der Waals surface area contributed by atoms with Gasteiger partial charge in [-0.2, -0.15) is 4.98 Å². The van der Waals surface area contributed by atoms with Crippen LogP contribution in [0, 0.1) is 25.2 Å². The Hall–Kier alpha value is -4.03. The first kappa shape index (κ1) is 33.9. The van der Waals surface area contributed by atoms with Crippen molar-refractivity contribution in [3.63, 3.8) is 0 Å². The fourth-order valence-electron chi connectivity index (χ4n) is 7.64. The van der Waals surface area contributed by atoms with E-state index in [9.17, 15) is 23.1 Å². The summed E-state index contributed by atoms with van der Waals surface area (Å²) in [5.41, 5.74) is 3.65. The summed E-state index contributed by atoms with van der Waals surface area (Å²) in [6, 6.07) is 13.4. The number of ether oxygens (including phenoxy) is 1. The van der Waals surface area contributed by atoms with E-state index in [4.69, 9.17) is 4.74 Å². The highest BCUT2D eigenvalue weighted by Gasteiger charge is 2.51. The minimum atomic E-state index is -4.16. The minimum absolute atomic E-state index is 0.00178. The lowest BCUT2D eigenvalue weighted by Crippen LogP contribution is -2.60. The van der Waals surface area contributed by atoms with Gasteiger partial charge in [-0.3, -0.25) is 9.59 Å². The van der Waals surface area contributed by atoms with Gasteiger partial charge in [0.15, 0.2) is 0 Å². The SMILES string of the molecule is Cc1cccc(C)c1-c1cc2nc(n1)NS(=O)(=O)c1cccc(c1)C(=O)N(C1CC3(CCN(C(=O)[C@H](C)O)CC3)C1)C(CC(C)C)CO2. The van der Waals surface area contributed by atoms with Crippen LogP contribution in [0.15, 0.2) is 53.4 Å². The smallest absolute Gasteiger partial charge is 0.264 e. The fourth-order valence-corrected chi connectivity index (χ4v) is 8.63. The average Bonchev–Trinajstić information content (AvgIpc) is 3.02. The zero-order valence-electron chi connectivity index (χ0n) is 28.3. The van der Waals surface area contributed by atoms with Crippen molar-refractivity contribution in [2.75, 3.05) is 24.4 Å². The summed E-state index contributed by atoms with van der Waals surface area (Å²) < 4.78 is 36.3. The maximum absolute atomic E-state index is 14.5. The Bertz CT molecular complexity index is 1790. The number of sulfonamides is 1. The number of benzene rings is 2. The van der Waals surface area contributed by atoms with Crippen LogP contribution in [0.1, 0.15) is 74.4 Å². The molecule has 2 atom stereocenters. The van der Waals surface area contributed by atoms with Gasteiger partial charge in [-0.05, 0) is 93.5 Å². The largest absolute Gasteiger partial charge is 0.475 e. The summed E-state index contributed by atoms with van der Waals surface area (Å²) in [6.45, 7) is 11.0. The van der Waals surface area contributed by atoms with Crippen LogP contribution in [0.25, 0.3) is 11.3 Å². The van der Waals surface area contributed by atoms with Crippen LogP contribution in [0.2, 0.25) is 0 Å². The second-order valence-corrected chi connectivity index (χ2v) is 15.9. The second-order valence-electron chi connectivity index (χ2n) is 14.2. The summed E-state index contributed by atoms with van der Waals surface area (Å²) >= 11 is 0. The number of aliphatic hydroxyl groups excluding tert-OH is 1. The van der Waals surface area contributed by atoms with Crippen molar-refractivity contribution in [1.82, 2.24) is 19.8 Å². The number of anilines is 1. The molecule has 1 saturated carbocycles. The number of likely N-dealkylation sites (tertiary alicyclic amines) is 1. The summed E-state index contributed by atoms with van der Waals surface area (Å²) in [5, 5.41) is 9.80. The zero-order chi connectivity index (χ0) is 34.4. The molecule has 4 bridgehead atoms. The summed E-state index contributed by atoms with van der Waals surface area (Å²) in [4.78, 5) is 39.6.